The predicted molar refractivity (Wildman–Crippen MR) is 83.1 cm³/mol. The summed E-state index contributed by atoms with van der Waals surface area (Å²) in [4.78, 5) is 0. The van der Waals surface area contributed by atoms with Crippen molar-refractivity contribution >= 4 is 11.6 Å². The Morgan fingerprint density at radius 1 is 1.33 bits per heavy atom. The van der Waals surface area contributed by atoms with Crippen molar-refractivity contribution in [3.05, 3.63) is 34.6 Å². The molecule has 0 heterocycles. The number of hydrogen-bond acceptors (Lipinski definition) is 2. The van der Waals surface area contributed by atoms with Gasteiger partial charge in [0, 0.05) is 18.1 Å². The van der Waals surface area contributed by atoms with Crippen molar-refractivity contribution in [2.45, 2.75) is 57.7 Å². The van der Waals surface area contributed by atoms with Crippen LogP contribution in [-0.4, -0.2) is 23.9 Å². The molecular weight excluding hydrogens is 291 g/mol. The van der Waals surface area contributed by atoms with Crippen molar-refractivity contribution in [1.82, 2.24) is 0 Å². The Kier molecular flexibility index (Phi) is 6.46. The van der Waals surface area contributed by atoms with E-state index in [2.05, 4.69) is 0 Å². The summed E-state index contributed by atoms with van der Waals surface area (Å²) in [5.74, 6) is 0.0493. The van der Waals surface area contributed by atoms with Crippen LogP contribution in [0.4, 0.5) is 4.39 Å². The molecule has 2 atom stereocenters. The zero-order valence-electron chi connectivity index (χ0n) is 12.5. The molecule has 1 aliphatic rings. The zero-order valence-corrected chi connectivity index (χ0v) is 13.3. The summed E-state index contributed by atoms with van der Waals surface area (Å²) < 4.78 is 19.6. The summed E-state index contributed by atoms with van der Waals surface area (Å²) in [6, 6.07) is 4.46. The number of halogens is 2. The van der Waals surface area contributed by atoms with Crippen LogP contribution in [0, 0.1) is 11.7 Å². The van der Waals surface area contributed by atoms with E-state index in [1.165, 1.54) is 31.4 Å². The summed E-state index contributed by atoms with van der Waals surface area (Å²) in [7, 11) is 0. The molecule has 2 nitrogen and oxygen atoms in total. The maximum absolute atomic E-state index is 13.8. The van der Waals surface area contributed by atoms with Gasteiger partial charge in [-0.05, 0) is 49.4 Å². The first-order chi connectivity index (χ1) is 10.1. The molecule has 2 unspecified atom stereocenters. The van der Waals surface area contributed by atoms with Gasteiger partial charge in [0.05, 0.1) is 12.2 Å². The maximum Gasteiger partial charge on any atom is 0.126 e. The van der Waals surface area contributed by atoms with E-state index < -0.39 is 6.10 Å². The molecule has 4 heteroatoms. The second-order valence-electron chi connectivity index (χ2n) is 5.83. The lowest BCUT2D eigenvalue weighted by Crippen LogP contribution is -2.38. The first kappa shape index (κ1) is 16.7. The van der Waals surface area contributed by atoms with E-state index in [9.17, 15) is 9.50 Å². The lowest BCUT2D eigenvalue weighted by Gasteiger charge is -2.33. The van der Waals surface area contributed by atoms with Gasteiger partial charge in [0.25, 0.3) is 0 Å². The number of benzene rings is 1. The van der Waals surface area contributed by atoms with Crippen LogP contribution in [0.2, 0.25) is 5.02 Å². The van der Waals surface area contributed by atoms with Gasteiger partial charge in [-0.3, -0.25) is 0 Å². The van der Waals surface area contributed by atoms with E-state index in [1.807, 2.05) is 6.92 Å². The molecule has 1 aromatic rings. The molecule has 21 heavy (non-hydrogen) atoms. The fourth-order valence-electron chi connectivity index (χ4n) is 3.26. The van der Waals surface area contributed by atoms with Gasteiger partial charge in [-0.2, -0.15) is 0 Å². The summed E-state index contributed by atoms with van der Waals surface area (Å²) >= 11 is 5.91. The molecule has 0 bridgehead atoms. The van der Waals surface area contributed by atoms with Crippen molar-refractivity contribution in [3.63, 3.8) is 0 Å². The molecule has 1 aliphatic carbocycles. The van der Waals surface area contributed by atoms with Crippen LogP contribution in [0.3, 0.4) is 0 Å². The van der Waals surface area contributed by atoms with Gasteiger partial charge < -0.3 is 9.84 Å². The van der Waals surface area contributed by atoms with Gasteiger partial charge in [0.2, 0.25) is 0 Å². The third kappa shape index (κ3) is 4.67. The quantitative estimate of drug-likeness (QED) is 0.845. The standard InChI is InChI=1S/C17H24ClFO2/c1-2-21-17(12-6-4-3-5-7-12)16(20)11-13-10-14(18)8-9-15(13)19/h8-10,12,16-17,20H,2-7,11H2,1H3. The second kappa shape index (κ2) is 8.11. The molecule has 2 rings (SSSR count). The number of ether oxygens (including phenoxy) is 1. The number of aliphatic hydroxyl groups excluding tert-OH is 1. The van der Waals surface area contributed by atoms with E-state index in [1.54, 1.807) is 6.07 Å². The van der Waals surface area contributed by atoms with Gasteiger partial charge in [-0.15, -0.1) is 0 Å². The average Bonchev–Trinajstić information content (AvgIpc) is 2.49. The molecule has 0 amide bonds. The van der Waals surface area contributed by atoms with E-state index >= 15 is 0 Å². The average molecular weight is 315 g/mol. The normalized spacial score (nSPS) is 19.4. The number of hydrogen-bond donors (Lipinski definition) is 1. The molecule has 0 radical (unpaired) electrons. The predicted octanol–water partition coefficient (Wildman–Crippen LogP) is 4.37. The maximum atomic E-state index is 13.8. The number of rotatable bonds is 6. The molecule has 0 spiro atoms. The highest BCUT2D eigenvalue weighted by Gasteiger charge is 2.30. The molecule has 1 aromatic carbocycles. The van der Waals surface area contributed by atoms with E-state index in [0.717, 1.165) is 12.8 Å². The Hall–Kier alpha value is -0.640. The Labute approximate surface area is 131 Å². The fraction of sp³-hybridized carbons (Fsp3) is 0.647. The van der Waals surface area contributed by atoms with E-state index in [4.69, 9.17) is 16.3 Å². The second-order valence-corrected chi connectivity index (χ2v) is 6.26. The minimum atomic E-state index is -0.694. The van der Waals surface area contributed by atoms with Gasteiger partial charge >= 0.3 is 0 Å². The highest BCUT2D eigenvalue weighted by Crippen LogP contribution is 2.31. The van der Waals surface area contributed by atoms with Crippen molar-refractivity contribution in [3.8, 4) is 0 Å². The van der Waals surface area contributed by atoms with Crippen molar-refractivity contribution in [2.75, 3.05) is 6.61 Å². The number of aliphatic hydroxyl groups is 1. The monoisotopic (exact) mass is 314 g/mol. The molecule has 1 N–H and O–H groups in total. The van der Waals surface area contributed by atoms with Crippen molar-refractivity contribution in [1.29, 1.82) is 0 Å². The lowest BCUT2D eigenvalue weighted by atomic mass is 9.82. The minimum Gasteiger partial charge on any atom is -0.390 e. The van der Waals surface area contributed by atoms with Crippen LogP contribution in [0.5, 0.6) is 0 Å². The van der Waals surface area contributed by atoms with E-state index in [-0.39, 0.29) is 18.3 Å². The third-order valence-corrected chi connectivity index (χ3v) is 4.52. The summed E-state index contributed by atoms with van der Waals surface area (Å²) in [6.07, 6.45) is 5.13. The first-order valence-corrected chi connectivity index (χ1v) is 8.23. The summed E-state index contributed by atoms with van der Waals surface area (Å²) in [5, 5.41) is 11.0. The van der Waals surface area contributed by atoms with Crippen LogP contribution in [0.25, 0.3) is 0 Å². The zero-order chi connectivity index (χ0) is 15.2. The van der Waals surface area contributed by atoms with Crippen molar-refractivity contribution < 1.29 is 14.2 Å². The highest BCUT2D eigenvalue weighted by molar-refractivity contribution is 6.30. The molecule has 0 aliphatic heterocycles. The summed E-state index contributed by atoms with van der Waals surface area (Å²) in [6.45, 7) is 2.50. The van der Waals surface area contributed by atoms with Gasteiger partial charge in [-0.25, -0.2) is 4.39 Å². The topological polar surface area (TPSA) is 29.5 Å². The van der Waals surface area contributed by atoms with Crippen LogP contribution in [0.15, 0.2) is 18.2 Å². The smallest absolute Gasteiger partial charge is 0.126 e. The highest BCUT2D eigenvalue weighted by atomic mass is 35.5. The third-order valence-electron chi connectivity index (χ3n) is 4.29. The molecule has 118 valence electrons. The SMILES string of the molecule is CCOC(C(O)Cc1cc(Cl)ccc1F)C1CCCCC1. The molecule has 1 saturated carbocycles. The van der Waals surface area contributed by atoms with Crippen LogP contribution in [-0.2, 0) is 11.2 Å². The van der Waals surface area contributed by atoms with Crippen LogP contribution < -0.4 is 0 Å². The Morgan fingerprint density at radius 3 is 2.71 bits per heavy atom. The van der Waals surface area contributed by atoms with Gasteiger partial charge in [0.1, 0.15) is 5.82 Å². The Bertz CT molecular complexity index is 446. The minimum absolute atomic E-state index is 0.214. The van der Waals surface area contributed by atoms with Gasteiger partial charge in [-0.1, -0.05) is 30.9 Å². The molecule has 0 aromatic heterocycles. The van der Waals surface area contributed by atoms with E-state index in [0.29, 0.717) is 23.1 Å². The van der Waals surface area contributed by atoms with Gasteiger partial charge in [0.15, 0.2) is 0 Å². The Morgan fingerprint density at radius 2 is 2.05 bits per heavy atom. The summed E-state index contributed by atoms with van der Waals surface area (Å²) in [5.41, 5.74) is 0.454. The fourth-order valence-corrected chi connectivity index (χ4v) is 3.45. The molecule has 0 saturated heterocycles. The molecular formula is C17H24ClFO2. The first-order valence-electron chi connectivity index (χ1n) is 7.85. The molecule has 1 fully saturated rings. The van der Waals surface area contributed by atoms with Crippen molar-refractivity contribution in [2.24, 2.45) is 5.92 Å². The van der Waals surface area contributed by atoms with Crippen LogP contribution in [0.1, 0.15) is 44.6 Å². The largest absolute Gasteiger partial charge is 0.390 e. The van der Waals surface area contributed by atoms with Crippen LogP contribution >= 0.6 is 11.6 Å². The Balaban J connectivity index is 2.06. The lowest BCUT2D eigenvalue weighted by molar-refractivity contribution is -0.0717.